The van der Waals surface area contributed by atoms with Gasteiger partial charge in [-0.1, -0.05) is 29.8 Å². The van der Waals surface area contributed by atoms with Gasteiger partial charge in [-0.25, -0.2) is 12.7 Å². The zero-order chi connectivity index (χ0) is 20.0. The van der Waals surface area contributed by atoms with Crippen molar-refractivity contribution in [1.82, 2.24) is 4.31 Å². The van der Waals surface area contributed by atoms with Crippen LogP contribution in [0.15, 0.2) is 53.4 Å². The van der Waals surface area contributed by atoms with Gasteiger partial charge >= 0.3 is 0 Å². The number of carbonyl (C=O) groups is 1. The summed E-state index contributed by atoms with van der Waals surface area (Å²) in [4.78, 5) is 16.0. The van der Waals surface area contributed by atoms with Gasteiger partial charge < -0.3 is 9.64 Å². The molecule has 7 rings (SSSR count). The number of thioether (sulfide) groups is 1. The largest absolute Gasteiger partial charge is 0.464 e. The highest BCUT2D eigenvalue weighted by Gasteiger charge is 2.77. The van der Waals surface area contributed by atoms with Crippen LogP contribution in [0.4, 0.5) is 5.69 Å². The van der Waals surface area contributed by atoms with Gasteiger partial charge in [-0.05, 0) is 44.0 Å². The fourth-order valence-electron chi connectivity index (χ4n) is 5.38. The molecule has 0 N–H and O–H groups in total. The normalized spacial score (nSPS) is 32.0. The molecule has 5 aliphatic rings. The molecule has 4 fully saturated rings. The molecular weight excluding hydrogens is 408 g/mol. The van der Waals surface area contributed by atoms with Crippen molar-refractivity contribution in [1.29, 1.82) is 0 Å². The molecule has 150 valence electrons. The zero-order valence-corrected chi connectivity index (χ0v) is 17.5. The number of fused-ring (bicyclic) bond motifs is 3. The van der Waals surface area contributed by atoms with Gasteiger partial charge in [0.1, 0.15) is 17.3 Å². The second-order valence-electron chi connectivity index (χ2n) is 8.24. The minimum absolute atomic E-state index is 0.157. The lowest BCUT2D eigenvalue weighted by molar-refractivity contribution is -0.167. The standard InChI is InChI=1S/C21H20N2O4S2/c1-14-6-8-15(9-7-14)29(25,26)23-18-10-11-20(19(23)24)12-28-13-21(20)22(18)16-4-2-3-5-17(16)27-21/h2-9,18H,10-13H2,1H3/t18-,20+,21+/m0/s1. The van der Waals surface area contributed by atoms with Crippen LogP contribution in [0.1, 0.15) is 18.4 Å². The van der Waals surface area contributed by atoms with Crippen molar-refractivity contribution in [3.8, 4) is 5.75 Å². The van der Waals surface area contributed by atoms with Crippen LogP contribution >= 0.6 is 11.8 Å². The van der Waals surface area contributed by atoms with Crippen LogP contribution in [0, 0.1) is 12.3 Å². The van der Waals surface area contributed by atoms with Crippen LogP contribution in [0.3, 0.4) is 0 Å². The summed E-state index contributed by atoms with van der Waals surface area (Å²) in [5.41, 5.74) is 0.201. The Hall–Kier alpha value is -2.19. The molecule has 4 saturated heterocycles. The van der Waals surface area contributed by atoms with Crippen LogP contribution in [-0.4, -0.2) is 42.0 Å². The predicted octanol–water partition coefficient (Wildman–Crippen LogP) is 2.97. The molecule has 5 heterocycles. The van der Waals surface area contributed by atoms with Crippen molar-refractivity contribution in [3.63, 3.8) is 0 Å². The molecule has 0 saturated carbocycles. The lowest BCUT2D eigenvalue weighted by atomic mass is 9.68. The van der Waals surface area contributed by atoms with E-state index in [0.29, 0.717) is 24.3 Å². The first kappa shape index (κ1) is 17.7. The first-order valence-corrected chi connectivity index (χ1v) is 12.3. The number of nitrogens with zero attached hydrogens (tertiary/aromatic N) is 2. The highest BCUT2D eigenvalue weighted by molar-refractivity contribution is 7.99. The zero-order valence-electron chi connectivity index (χ0n) is 15.9. The summed E-state index contributed by atoms with van der Waals surface area (Å²) in [5.74, 6) is 1.64. The molecule has 0 radical (unpaired) electrons. The molecule has 2 spiro atoms. The minimum atomic E-state index is -3.97. The fourth-order valence-corrected chi connectivity index (χ4v) is 8.70. The summed E-state index contributed by atoms with van der Waals surface area (Å²) < 4.78 is 34.8. The van der Waals surface area contributed by atoms with Gasteiger partial charge in [0.2, 0.25) is 5.72 Å². The number of carbonyl (C=O) groups excluding carboxylic acids is 1. The maximum absolute atomic E-state index is 13.8. The molecule has 3 atom stereocenters. The third-order valence-electron chi connectivity index (χ3n) is 6.77. The van der Waals surface area contributed by atoms with Gasteiger partial charge in [0.25, 0.3) is 15.9 Å². The van der Waals surface area contributed by atoms with Gasteiger partial charge in [-0.15, -0.1) is 0 Å². The van der Waals surface area contributed by atoms with Gasteiger partial charge in [0, 0.05) is 5.75 Å². The summed E-state index contributed by atoms with van der Waals surface area (Å²) in [6.07, 6.45) is 0.683. The minimum Gasteiger partial charge on any atom is -0.464 e. The molecule has 2 aromatic rings. The molecule has 0 aromatic heterocycles. The van der Waals surface area contributed by atoms with Crippen LogP contribution in [0.2, 0.25) is 0 Å². The maximum Gasteiger partial charge on any atom is 0.268 e. The number of amides is 1. The molecule has 29 heavy (non-hydrogen) atoms. The van der Waals surface area contributed by atoms with Crippen molar-refractivity contribution >= 4 is 33.4 Å². The summed E-state index contributed by atoms with van der Waals surface area (Å²) >= 11 is 1.67. The number of benzene rings is 2. The first-order chi connectivity index (χ1) is 13.9. The third-order valence-corrected chi connectivity index (χ3v) is 9.86. The van der Waals surface area contributed by atoms with Gasteiger partial charge in [0.05, 0.1) is 16.3 Å². The molecule has 0 aliphatic carbocycles. The summed E-state index contributed by atoms with van der Waals surface area (Å²) in [5, 5.41) is 0. The monoisotopic (exact) mass is 428 g/mol. The molecule has 1 amide bonds. The first-order valence-electron chi connectivity index (χ1n) is 9.71. The number of para-hydroxylation sites is 2. The van der Waals surface area contributed by atoms with E-state index in [1.807, 2.05) is 31.2 Å². The van der Waals surface area contributed by atoms with E-state index in [-0.39, 0.29) is 10.8 Å². The lowest BCUT2D eigenvalue weighted by Crippen LogP contribution is -2.80. The Morgan fingerprint density at radius 3 is 2.66 bits per heavy atom. The smallest absolute Gasteiger partial charge is 0.268 e. The number of hydrogen-bond acceptors (Lipinski definition) is 6. The molecule has 0 unspecified atom stereocenters. The predicted molar refractivity (Wildman–Crippen MR) is 110 cm³/mol. The maximum atomic E-state index is 13.8. The highest BCUT2D eigenvalue weighted by Crippen LogP contribution is 2.65. The Bertz CT molecular complexity index is 1150. The summed E-state index contributed by atoms with van der Waals surface area (Å²) in [6.45, 7) is 1.91. The van der Waals surface area contributed by atoms with Gasteiger partial charge in [-0.2, -0.15) is 11.8 Å². The Morgan fingerprint density at radius 2 is 1.86 bits per heavy atom. The van der Waals surface area contributed by atoms with E-state index >= 15 is 0 Å². The van der Waals surface area contributed by atoms with E-state index in [1.165, 1.54) is 0 Å². The number of ether oxygens (including phenoxy) is 1. The van der Waals surface area contributed by atoms with E-state index in [0.717, 1.165) is 21.3 Å². The second kappa shape index (κ2) is 5.49. The number of rotatable bonds is 2. The molecule has 5 aliphatic heterocycles. The van der Waals surface area contributed by atoms with E-state index in [9.17, 15) is 13.2 Å². The van der Waals surface area contributed by atoms with Crippen molar-refractivity contribution in [2.45, 2.75) is 36.6 Å². The number of aryl methyl sites for hydroxylation is 1. The SMILES string of the molecule is Cc1ccc(S(=O)(=O)N2C(=O)[C@]34CC[C@H]2N2c5ccccc5O[C@@]23CSC4)cc1. The van der Waals surface area contributed by atoms with Crippen molar-refractivity contribution in [2.24, 2.45) is 5.41 Å². The number of anilines is 1. The summed E-state index contributed by atoms with van der Waals surface area (Å²) in [7, 11) is -3.97. The lowest BCUT2D eigenvalue weighted by Gasteiger charge is -2.60. The van der Waals surface area contributed by atoms with Crippen LogP contribution in [0.25, 0.3) is 0 Å². The van der Waals surface area contributed by atoms with E-state index < -0.39 is 27.3 Å². The van der Waals surface area contributed by atoms with Gasteiger partial charge in [0.15, 0.2) is 0 Å². The molecule has 2 bridgehead atoms. The molecular formula is C21H20N2O4S2. The third kappa shape index (κ3) is 1.94. The fraction of sp³-hybridized carbons (Fsp3) is 0.381. The average molecular weight is 429 g/mol. The van der Waals surface area contributed by atoms with E-state index in [2.05, 4.69) is 4.90 Å². The quantitative estimate of drug-likeness (QED) is 0.733. The number of sulfonamides is 1. The van der Waals surface area contributed by atoms with Crippen molar-refractivity contribution in [3.05, 3.63) is 54.1 Å². The van der Waals surface area contributed by atoms with Crippen molar-refractivity contribution in [2.75, 3.05) is 16.4 Å². The molecule has 2 aromatic carbocycles. The van der Waals surface area contributed by atoms with Crippen LogP contribution in [0.5, 0.6) is 5.75 Å². The number of hydrogen-bond donors (Lipinski definition) is 0. The van der Waals surface area contributed by atoms with E-state index in [4.69, 9.17) is 4.74 Å². The van der Waals surface area contributed by atoms with Crippen molar-refractivity contribution < 1.29 is 17.9 Å². The Labute approximate surface area is 173 Å². The van der Waals surface area contributed by atoms with Crippen LogP contribution in [-0.2, 0) is 14.8 Å². The Kier molecular flexibility index (Phi) is 3.34. The van der Waals surface area contributed by atoms with Crippen LogP contribution < -0.4 is 9.64 Å². The Balaban J connectivity index is 1.55. The molecule has 6 nitrogen and oxygen atoms in total. The Morgan fingerprint density at radius 1 is 1.10 bits per heavy atom. The average Bonchev–Trinajstić information content (AvgIpc) is 3.25. The summed E-state index contributed by atoms with van der Waals surface area (Å²) in [6, 6.07) is 14.4. The van der Waals surface area contributed by atoms with E-state index in [1.54, 1.807) is 36.0 Å². The topological polar surface area (TPSA) is 66.9 Å². The highest BCUT2D eigenvalue weighted by atomic mass is 32.2. The second-order valence-corrected chi connectivity index (χ2v) is 11.0. The molecule has 8 heteroatoms. The van der Waals surface area contributed by atoms with Gasteiger partial charge in [-0.3, -0.25) is 4.79 Å². The number of piperidine rings is 2.